The molecule has 0 aliphatic carbocycles. The number of carbonyl (C=O) groups is 1. The molecule has 1 aromatic carbocycles. The molecule has 0 radical (unpaired) electrons. The summed E-state index contributed by atoms with van der Waals surface area (Å²) in [4.78, 5) is 13.2. The van der Waals surface area contributed by atoms with Crippen LogP contribution in [0.25, 0.3) is 0 Å². The van der Waals surface area contributed by atoms with Crippen LogP contribution in [0.1, 0.15) is 18.9 Å². The number of carbonyl (C=O) groups excluding carboxylic acids is 1. The number of piperazine rings is 1. The highest BCUT2D eigenvalue weighted by Crippen LogP contribution is 2.15. The van der Waals surface area contributed by atoms with Crippen molar-refractivity contribution in [2.45, 2.75) is 13.3 Å². The van der Waals surface area contributed by atoms with E-state index in [1.54, 1.807) is 6.92 Å². The van der Waals surface area contributed by atoms with Crippen LogP contribution in [-0.4, -0.2) is 37.0 Å². The first kappa shape index (κ1) is 15.0. The van der Waals surface area contributed by atoms with Crippen LogP contribution < -0.4 is 10.2 Å². The SMILES string of the molecule is CC(=O)SCCC#Cc1ccc(N2CCNCC2)cc1. The Bertz CT molecular complexity index is 495. The maximum atomic E-state index is 10.8. The summed E-state index contributed by atoms with van der Waals surface area (Å²) in [7, 11) is 0. The first-order valence-electron chi connectivity index (χ1n) is 6.94. The number of nitrogens with zero attached hydrogens (tertiary/aromatic N) is 1. The molecule has 1 fully saturated rings. The predicted molar refractivity (Wildman–Crippen MR) is 86.2 cm³/mol. The van der Waals surface area contributed by atoms with Gasteiger partial charge in [-0.1, -0.05) is 23.6 Å². The van der Waals surface area contributed by atoms with Gasteiger partial charge >= 0.3 is 0 Å². The van der Waals surface area contributed by atoms with E-state index in [-0.39, 0.29) is 5.12 Å². The third kappa shape index (κ3) is 4.92. The van der Waals surface area contributed by atoms with Gasteiger partial charge in [0.2, 0.25) is 0 Å². The zero-order valence-corrected chi connectivity index (χ0v) is 12.6. The summed E-state index contributed by atoms with van der Waals surface area (Å²) in [6, 6.07) is 8.42. The van der Waals surface area contributed by atoms with Crippen LogP contribution in [0.4, 0.5) is 5.69 Å². The fourth-order valence-electron chi connectivity index (χ4n) is 2.09. The van der Waals surface area contributed by atoms with E-state index in [1.165, 1.54) is 17.4 Å². The maximum Gasteiger partial charge on any atom is 0.185 e. The van der Waals surface area contributed by atoms with E-state index >= 15 is 0 Å². The van der Waals surface area contributed by atoms with E-state index in [0.29, 0.717) is 0 Å². The van der Waals surface area contributed by atoms with Crippen LogP contribution >= 0.6 is 11.8 Å². The van der Waals surface area contributed by atoms with E-state index in [9.17, 15) is 4.79 Å². The molecule has 0 atom stereocenters. The molecule has 1 aromatic rings. The Morgan fingerprint density at radius 1 is 1.30 bits per heavy atom. The monoisotopic (exact) mass is 288 g/mol. The van der Waals surface area contributed by atoms with Gasteiger partial charge in [-0.3, -0.25) is 4.79 Å². The number of benzene rings is 1. The third-order valence-corrected chi connectivity index (χ3v) is 3.93. The standard InChI is InChI=1S/C16H20N2OS/c1-14(19)20-13-3-2-4-15-5-7-16(8-6-15)18-11-9-17-10-12-18/h5-8,17H,3,9-13H2,1H3. The highest BCUT2D eigenvalue weighted by molar-refractivity contribution is 8.13. The largest absolute Gasteiger partial charge is 0.369 e. The van der Waals surface area contributed by atoms with E-state index in [4.69, 9.17) is 0 Å². The first-order valence-corrected chi connectivity index (χ1v) is 7.92. The summed E-state index contributed by atoms with van der Waals surface area (Å²) in [6.45, 7) is 5.82. The second-order valence-electron chi connectivity index (χ2n) is 4.68. The third-order valence-electron chi connectivity index (χ3n) is 3.11. The number of nitrogens with one attached hydrogen (secondary N) is 1. The Balaban J connectivity index is 1.85. The van der Waals surface area contributed by atoms with Gasteiger partial charge in [0.15, 0.2) is 5.12 Å². The zero-order chi connectivity index (χ0) is 14.2. The summed E-state index contributed by atoms with van der Waals surface area (Å²) in [5, 5.41) is 3.51. The van der Waals surface area contributed by atoms with Gasteiger partial charge in [0, 0.05) is 56.5 Å². The fourth-order valence-corrected chi connectivity index (χ4v) is 2.58. The van der Waals surface area contributed by atoms with Gasteiger partial charge in [-0.15, -0.1) is 0 Å². The number of rotatable bonds is 3. The Morgan fingerprint density at radius 3 is 2.65 bits per heavy atom. The molecule has 0 spiro atoms. The molecule has 1 heterocycles. The molecule has 20 heavy (non-hydrogen) atoms. The molecule has 2 rings (SSSR count). The lowest BCUT2D eigenvalue weighted by atomic mass is 10.2. The van der Waals surface area contributed by atoms with Gasteiger partial charge < -0.3 is 10.2 Å². The number of hydrogen-bond acceptors (Lipinski definition) is 4. The predicted octanol–water partition coefficient (Wildman–Crippen LogP) is 2.12. The van der Waals surface area contributed by atoms with Crippen molar-refractivity contribution in [3.8, 4) is 11.8 Å². The summed E-state index contributed by atoms with van der Waals surface area (Å²) in [5.41, 5.74) is 2.31. The zero-order valence-electron chi connectivity index (χ0n) is 11.8. The molecule has 0 saturated carbocycles. The molecule has 0 bridgehead atoms. The second-order valence-corrected chi connectivity index (χ2v) is 5.95. The average molecular weight is 288 g/mol. The lowest BCUT2D eigenvalue weighted by molar-refractivity contribution is -0.109. The highest BCUT2D eigenvalue weighted by atomic mass is 32.2. The smallest absolute Gasteiger partial charge is 0.185 e. The van der Waals surface area contributed by atoms with Crippen molar-refractivity contribution in [3.63, 3.8) is 0 Å². The maximum absolute atomic E-state index is 10.8. The highest BCUT2D eigenvalue weighted by Gasteiger charge is 2.09. The van der Waals surface area contributed by atoms with Gasteiger partial charge in [-0.05, 0) is 24.3 Å². The molecule has 4 heteroatoms. The van der Waals surface area contributed by atoms with Crippen LogP contribution in [0, 0.1) is 11.8 Å². The Hall–Kier alpha value is -1.44. The van der Waals surface area contributed by atoms with Crippen LogP contribution in [0.15, 0.2) is 24.3 Å². The van der Waals surface area contributed by atoms with Crippen LogP contribution in [0.3, 0.4) is 0 Å². The molecule has 1 aliphatic heterocycles. The van der Waals surface area contributed by atoms with Gasteiger partial charge in [-0.2, -0.15) is 0 Å². The fraction of sp³-hybridized carbons (Fsp3) is 0.438. The van der Waals surface area contributed by atoms with Gasteiger partial charge in [0.25, 0.3) is 0 Å². The average Bonchev–Trinajstić information content (AvgIpc) is 2.48. The lowest BCUT2D eigenvalue weighted by Gasteiger charge is -2.29. The summed E-state index contributed by atoms with van der Waals surface area (Å²) in [5.74, 6) is 7.03. The number of anilines is 1. The van der Waals surface area contributed by atoms with Crippen LogP contribution in [0.2, 0.25) is 0 Å². The molecule has 1 aliphatic rings. The molecule has 106 valence electrons. The first-order chi connectivity index (χ1) is 9.75. The molecule has 0 aromatic heterocycles. The van der Waals surface area contributed by atoms with Crippen molar-refractivity contribution < 1.29 is 4.79 Å². The molecule has 0 unspecified atom stereocenters. The van der Waals surface area contributed by atoms with Crippen molar-refractivity contribution in [1.82, 2.24) is 5.32 Å². The Kier molecular flexibility index (Phi) is 5.97. The Morgan fingerprint density at radius 2 is 2.00 bits per heavy atom. The van der Waals surface area contributed by atoms with Crippen LogP contribution in [0.5, 0.6) is 0 Å². The molecular weight excluding hydrogens is 268 g/mol. The lowest BCUT2D eigenvalue weighted by Crippen LogP contribution is -2.43. The van der Waals surface area contributed by atoms with E-state index < -0.39 is 0 Å². The Labute approximate surface area is 125 Å². The van der Waals surface area contributed by atoms with Crippen molar-refractivity contribution in [1.29, 1.82) is 0 Å². The quantitative estimate of drug-likeness (QED) is 0.682. The van der Waals surface area contributed by atoms with Crippen molar-refractivity contribution in [2.24, 2.45) is 0 Å². The number of thioether (sulfide) groups is 1. The minimum absolute atomic E-state index is 0.159. The van der Waals surface area contributed by atoms with Crippen molar-refractivity contribution in [3.05, 3.63) is 29.8 Å². The second kappa shape index (κ2) is 7.98. The van der Waals surface area contributed by atoms with E-state index in [0.717, 1.165) is 43.9 Å². The normalized spacial score (nSPS) is 14.6. The minimum Gasteiger partial charge on any atom is -0.369 e. The number of hydrogen-bond donors (Lipinski definition) is 1. The van der Waals surface area contributed by atoms with Crippen LogP contribution in [-0.2, 0) is 4.79 Å². The van der Waals surface area contributed by atoms with Gasteiger partial charge in [0.1, 0.15) is 0 Å². The molecule has 0 amide bonds. The molecular formula is C16H20N2OS. The summed E-state index contributed by atoms with van der Waals surface area (Å²) >= 11 is 1.33. The van der Waals surface area contributed by atoms with Gasteiger partial charge in [0.05, 0.1) is 0 Å². The van der Waals surface area contributed by atoms with E-state index in [1.807, 2.05) is 0 Å². The summed E-state index contributed by atoms with van der Waals surface area (Å²) < 4.78 is 0. The minimum atomic E-state index is 0.159. The topological polar surface area (TPSA) is 32.3 Å². The molecule has 3 nitrogen and oxygen atoms in total. The van der Waals surface area contributed by atoms with Crippen molar-refractivity contribution >= 4 is 22.6 Å². The van der Waals surface area contributed by atoms with Crippen molar-refractivity contribution in [2.75, 3.05) is 36.8 Å². The summed E-state index contributed by atoms with van der Waals surface area (Å²) in [6.07, 6.45) is 0.754. The molecule has 1 saturated heterocycles. The molecule has 1 N–H and O–H groups in total. The van der Waals surface area contributed by atoms with E-state index in [2.05, 4.69) is 46.3 Å². The van der Waals surface area contributed by atoms with Gasteiger partial charge in [-0.25, -0.2) is 0 Å².